The summed E-state index contributed by atoms with van der Waals surface area (Å²) in [5, 5.41) is 23.0. The van der Waals surface area contributed by atoms with Gasteiger partial charge in [0.15, 0.2) is 0 Å². The number of nitrogens with one attached hydrogen (secondary N) is 4. The van der Waals surface area contributed by atoms with E-state index in [9.17, 15) is 29.1 Å². The number of ether oxygens (including phenoxy) is 1. The number of aromatic nitrogens is 4. The zero-order valence-corrected chi connectivity index (χ0v) is 32.3. The molecule has 14 heteroatoms. The number of aromatic amines is 2. The second-order valence-electron chi connectivity index (χ2n) is 14.1. The van der Waals surface area contributed by atoms with E-state index < -0.39 is 30.3 Å². The molecule has 2 unspecified atom stereocenters. The molecule has 5 heterocycles. The molecule has 2 amide bonds. The predicted octanol–water partition coefficient (Wildman–Crippen LogP) is 6.01. The van der Waals surface area contributed by atoms with Crippen LogP contribution < -0.4 is 10.6 Å². The molecule has 3 aromatic heterocycles. The van der Waals surface area contributed by atoms with Gasteiger partial charge < -0.3 is 35.6 Å². The minimum atomic E-state index is -1.57. The molecule has 5 rings (SSSR count). The van der Waals surface area contributed by atoms with Crippen LogP contribution in [0.1, 0.15) is 103 Å². The fraction of sp³-hybridized carbons (Fsp3) is 0.357. The first-order valence-corrected chi connectivity index (χ1v) is 18.4. The van der Waals surface area contributed by atoms with Gasteiger partial charge in [0.1, 0.15) is 6.04 Å². The van der Waals surface area contributed by atoms with Gasteiger partial charge in [-0.1, -0.05) is 32.2 Å². The molecule has 56 heavy (non-hydrogen) atoms. The van der Waals surface area contributed by atoms with Crippen molar-refractivity contribution in [2.75, 3.05) is 13.7 Å². The van der Waals surface area contributed by atoms with Crippen molar-refractivity contribution in [3.63, 3.8) is 0 Å². The normalized spacial score (nSPS) is 15.5. The molecule has 0 saturated heterocycles. The van der Waals surface area contributed by atoms with Crippen LogP contribution in [0.3, 0.4) is 0 Å². The van der Waals surface area contributed by atoms with Gasteiger partial charge >= 0.3 is 17.9 Å². The van der Waals surface area contributed by atoms with Crippen molar-refractivity contribution in [3.05, 3.63) is 88.5 Å². The van der Waals surface area contributed by atoms with Gasteiger partial charge in [-0.05, 0) is 80.1 Å². The number of hydrogen-bond acceptors (Lipinski definition) is 8. The van der Waals surface area contributed by atoms with Crippen LogP contribution in [0.5, 0.6) is 0 Å². The number of H-pyrrole nitrogens is 2. The van der Waals surface area contributed by atoms with Crippen LogP contribution in [0.25, 0.3) is 39.3 Å². The van der Waals surface area contributed by atoms with Gasteiger partial charge in [0.2, 0.25) is 11.8 Å². The highest BCUT2D eigenvalue weighted by Crippen LogP contribution is 2.41. The van der Waals surface area contributed by atoms with E-state index in [4.69, 9.17) is 19.8 Å². The molecule has 2 aliphatic heterocycles. The third-order valence-electron chi connectivity index (χ3n) is 10.6. The van der Waals surface area contributed by atoms with Crippen LogP contribution in [-0.4, -0.2) is 79.6 Å². The number of fused-ring (bicyclic) bond motifs is 8. The van der Waals surface area contributed by atoms with Crippen LogP contribution in [0, 0.1) is 13.8 Å². The molecule has 14 nitrogen and oxygen atoms in total. The van der Waals surface area contributed by atoms with Crippen molar-refractivity contribution in [2.45, 2.75) is 84.1 Å². The summed E-state index contributed by atoms with van der Waals surface area (Å²) < 4.78 is 4.97. The second-order valence-corrected chi connectivity index (χ2v) is 14.1. The average Bonchev–Trinajstić information content (AvgIpc) is 3.81. The number of rotatable bonds is 15. The molecule has 0 fully saturated rings. The Bertz CT molecular complexity index is 2320. The highest BCUT2D eigenvalue weighted by atomic mass is 16.5. The Morgan fingerprint density at radius 2 is 1.54 bits per heavy atom. The predicted molar refractivity (Wildman–Crippen MR) is 213 cm³/mol. The van der Waals surface area contributed by atoms with Crippen LogP contribution in [0.15, 0.2) is 43.5 Å². The lowest BCUT2D eigenvalue weighted by Gasteiger charge is -2.15. The summed E-state index contributed by atoms with van der Waals surface area (Å²) in [5.74, 6) is -4.31. The maximum Gasteiger partial charge on any atom is 0.326 e. The minimum absolute atomic E-state index is 0.0383. The van der Waals surface area contributed by atoms with Crippen LogP contribution in [0.2, 0.25) is 0 Å². The fourth-order valence-corrected chi connectivity index (χ4v) is 7.28. The number of hydrogen-bond donors (Lipinski definition) is 6. The summed E-state index contributed by atoms with van der Waals surface area (Å²) in [4.78, 5) is 77.2. The summed E-state index contributed by atoms with van der Waals surface area (Å²) in [7, 11) is 1.37. The van der Waals surface area contributed by atoms with Crippen LogP contribution in [0.4, 0.5) is 0 Å². The van der Waals surface area contributed by atoms with Gasteiger partial charge in [0.25, 0.3) is 0 Å². The third-order valence-corrected chi connectivity index (χ3v) is 10.6. The van der Waals surface area contributed by atoms with E-state index in [0.717, 1.165) is 78.2 Å². The molecule has 0 radical (unpaired) electrons. The molecule has 3 atom stereocenters. The van der Waals surface area contributed by atoms with Crippen molar-refractivity contribution >= 4 is 69.0 Å². The second kappa shape index (κ2) is 17.4. The smallest absolute Gasteiger partial charge is 0.326 e. The number of allylic oxidation sites excluding steroid dienone is 3. The number of nitrogens with zero attached hydrogens (tertiary/aromatic N) is 2. The van der Waals surface area contributed by atoms with E-state index >= 15 is 0 Å². The SMILES string of the molecule is C=CC1=C(C)c2cc3[nH]c(cc4nc(cc5[nH]c(cc1n2)c(C)c5CCC(=O)NCCC(=O)N[C@@H](CC(=O)O)C(=O)O)C(CCC(=O)OC)C4C)c(C)c3C=C. The number of amides is 2. The number of esters is 1. The van der Waals surface area contributed by atoms with E-state index in [1.54, 1.807) is 6.08 Å². The van der Waals surface area contributed by atoms with Crippen LogP contribution >= 0.6 is 0 Å². The summed E-state index contributed by atoms with van der Waals surface area (Å²) in [6, 6.07) is 6.44. The maximum absolute atomic E-state index is 13.1. The van der Waals surface area contributed by atoms with Gasteiger partial charge in [-0.2, -0.15) is 0 Å². The summed E-state index contributed by atoms with van der Waals surface area (Å²) in [6.45, 7) is 16.2. The first-order valence-electron chi connectivity index (χ1n) is 18.4. The zero-order valence-electron chi connectivity index (χ0n) is 32.3. The fourth-order valence-electron chi connectivity index (χ4n) is 7.28. The molecule has 3 aromatic rings. The number of carbonyl (C=O) groups excluding carboxylic acids is 3. The monoisotopic (exact) mass is 764 g/mol. The van der Waals surface area contributed by atoms with Crippen molar-refractivity contribution in [1.82, 2.24) is 30.6 Å². The summed E-state index contributed by atoms with van der Waals surface area (Å²) in [6.07, 6.45) is 3.74. The molecular formula is C42H48N6O8. The quantitative estimate of drug-likeness (QED) is 0.0990. The van der Waals surface area contributed by atoms with E-state index in [-0.39, 0.29) is 49.5 Å². The number of carboxylic acids is 2. The molecular weight excluding hydrogens is 716 g/mol. The molecule has 6 N–H and O–H groups in total. The van der Waals surface area contributed by atoms with Gasteiger partial charge in [-0.25, -0.2) is 9.78 Å². The van der Waals surface area contributed by atoms with Crippen molar-refractivity contribution in [3.8, 4) is 0 Å². The topological polar surface area (TPSA) is 216 Å². The van der Waals surface area contributed by atoms with E-state index in [2.05, 4.69) is 40.7 Å². The van der Waals surface area contributed by atoms with Crippen molar-refractivity contribution < 1.29 is 38.9 Å². The summed E-state index contributed by atoms with van der Waals surface area (Å²) >= 11 is 0. The largest absolute Gasteiger partial charge is 0.481 e. The Labute approximate surface area is 324 Å². The lowest BCUT2D eigenvalue weighted by atomic mass is 9.87. The standard InChI is InChI=1S/C42H48N6O8/c1-8-25-21(3)29-16-30-24(6)28(11-13-41(53)56-7)36(46-30)19-35-27(10-12-38(49)43-15-14-39(50)48-37(42(54)55)20-40(51)52)23(5)32(47-35)18-34-26(9-2)22(4)31(45-34)17-33(25)44-29/h8-9,16-19,24,28,37,44,47H,1-2,10-15,20H2,3-7H3,(H,43,49)(H,48,50)(H,51,52)(H,54,55)/t24?,28?,37-/m0/s1. The van der Waals surface area contributed by atoms with Crippen LogP contribution in [-0.2, 0) is 35.1 Å². The minimum Gasteiger partial charge on any atom is -0.481 e. The van der Waals surface area contributed by atoms with Gasteiger partial charge in [-0.3, -0.25) is 24.2 Å². The lowest BCUT2D eigenvalue weighted by molar-refractivity contribution is -0.147. The summed E-state index contributed by atoms with van der Waals surface area (Å²) in [5.41, 5.74) is 12.0. The highest BCUT2D eigenvalue weighted by molar-refractivity contribution is 5.97. The molecule has 0 spiro atoms. The average molecular weight is 765 g/mol. The Balaban J connectivity index is 1.57. The van der Waals surface area contributed by atoms with Gasteiger partial charge in [0.05, 0.1) is 24.9 Å². The number of aryl methyl sites for hydroxylation is 3. The Hall–Kier alpha value is -6.31. The van der Waals surface area contributed by atoms with Crippen molar-refractivity contribution in [1.29, 1.82) is 0 Å². The zero-order chi connectivity index (χ0) is 40.8. The third kappa shape index (κ3) is 8.96. The first-order chi connectivity index (χ1) is 26.6. The molecule has 0 aliphatic carbocycles. The Kier molecular flexibility index (Phi) is 12.7. The number of aliphatic carboxylic acids is 2. The maximum atomic E-state index is 13.1. The molecule has 294 valence electrons. The Morgan fingerprint density at radius 3 is 2.20 bits per heavy atom. The molecule has 2 aliphatic rings. The van der Waals surface area contributed by atoms with Gasteiger partial charge in [0, 0.05) is 82.2 Å². The molecule has 0 aromatic carbocycles. The molecule has 8 bridgehead atoms. The molecule has 0 saturated carbocycles. The van der Waals surface area contributed by atoms with E-state index in [0.29, 0.717) is 12.8 Å². The first kappa shape index (κ1) is 40.9. The van der Waals surface area contributed by atoms with E-state index in [1.165, 1.54) is 7.11 Å². The number of carbonyl (C=O) groups is 5. The Morgan fingerprint density at radius 1 is 0.857 bits per heavy atom. The number of methoxy groups -OCH3 is 1. The lowest BCUT2D eigenvalue weighted by Crippen LogP contribution is -2.43. The highest BCUT2D eigenvalue weighted by Gasteiger charge is 2.30. The van der Waals surface area contributed by atoms with Gasteiger partial charge in [-0.15, -0.1) is 0 Å². The van der Waals surface area contributed by atoms with Crippen molar-refractivity contribution in [2.24, 2.45) is 0 Å². The van der Waals surface area contributed by atoms with E-state index in [1.807, 2.05) is 51.1 Å². The number of carboxylic acid groups (broad SMARTS) is 2.